The van der Waals surface area contributed by atoms with E-state index in [9.17, 15) is 0 Å². The van der Waals surface area contributed by atoms with Gasteiger partial charge >= 0.3 is 0 Å². The summed E-state index contributed by atoms with van der Waals surface area (Å²) in [4.78, 5) is 0. The number of hydrogen-bond donors (Lipinski definition) is 0. The van der Waals surface area contributed by atoms with Crippen molar-refractivity contribution in [3.8, 4) is 0 Å². The van der Waals surface area contributed by atoms with Crippen molar-refractivity contribution in [1.82, 2.24) is 0 Å². The van der Waals surface area contributed by atoms with Crippen molar-refractivity contribution < 1.29 is 4.42 Å². The van der Waals surface area contributed by atoms with Crippen molar-refractivity contribution in [2.45, 2.75) is 53.9 Å². The zero-order valence-electron chi connectivity index (χ0n) is 11.4. The van der Waals surface area contributed by atoms with E-state index >= 15 is 0 Å². The van der Waals surface area contributed by atoms with Crippen molar-refractivity contribution in [3.63, 3.8) is 0 Å². The third-order valence-electron chi connectivity index (χ3n) is 3.97. The van der Waals surface area contributed by atoms with Crippen molar-refractivity contribution in [3.05, 3.63) is 23.7 Å². The van der Waals surface area contributed by atoms with Gasteiger partial charge in [-0.15, -0.1) is 0 Å². The summed E-state index contributed by atoms with van der Waals surface area (Å²) in [6, 6.07) is 2.18. The molecule has 0 aliphatic heterocycles. The molecule has 0 N–H and O–H groups in total. The molecule has 0 amide bonds. The van der Waals surface area contributed by atoms with Gasteiger partial charge in [-0.2, -0.15) is 0 Å². The van der Waals surface area contributed by atoms with Gasteiger partial charge in [0.1, 0.15) is 5.76 Å². The van der Waals surface area contributed by atoms with Crippen molar-refractivity contribution in [2.24, 2.45) is 16.7 Å². The molecule has 90 valence electrons. The second kappa shape index (κ2) is 3.38. The molecule has 1 heterocycles. The topological polar surface area (TPSA) is 13.1 Å². The second-order valence-corrected chi connectivity index (χ2v) is 7.32. The van der Waals surface area contributed by atoms with Crippen LogP contribution in [0.25, 0.3) is 0 Å². The van der Waals surface area contributed by atoms with E-state index in [0.717, 1.165) is 6.42 Å². The summed E-state index contributed by atoms with van der Waals surface area (Å²) in [5.74, 6) is 2.54. The van der Waals surface area contributed by atoms with E-state index in [1.807, 2.05) is 6.26 Å². The molecule has 0 aromatic carbocycles. The standard InChI is InChI=1S/C15H24O/c1-14(2,3)11-9-12-10(7-8-16-12)13(11)15(4,5)6/h7-8,11,13H,9H2,1-6H3. The van der Waals surface area contributed by atoms with Gasteiger partial charge in [-0.3, -0.25) is 0 Å². The molecule has 1 aliphatic carbocycles. The first-order valence-electron chi connectivity index (χ1n) is 6.27. The molecular weight excluding hydrogens is 196 g/mol. The molecule has 16 heavy (non-hydrogen) atoms. The van der Waals surface area contributed by atoms with Gasteiger partial charge in [-0.05, 0) is 34.3 Å². The summed E-state index contributed by atoms with van der Waals surface area (Å²) in [7, 11) is 0. The maximum atomic E-state index is 5.63. The van der Waals surface area contributed by atoms with E-state index in [0.29, 0.717) is 22.7 Å². The Morgan fingerprint density at radius 1 is 1.06 bits per heavy atom. The van der Waals surface area contributed by atoms with E-state index in [1.54, 1.807) is 0 Å². The lowest BCUT2D eigenvalue weighted by Crippen LogP contribution is -2.31. The number of fused-ring (bicyclic) bond motifs is 1. The molecule has 1 nitrogen and oxygen atoms in total. The zero-order chi connectivity index (χ0) is 12.1. The van der Waals surface area contributed by atoms with Crippen LogP contribution in [0.5, 0.6) is 0 Å². The van der Waals surface area contributed by atoms with Gasteiger partial charge in [0.25, 0.3) is 0 Å². The molecule has 1 heteroatoms. The molecule has 0 saturated carbocycles. The van der Waals surface area contributed by atoms with Gasteiger partial charge in [0.2, 0.25) is 0 Å². The molecule has 2 unspecified atom stereocenters. The van der Waals surface area contributed by atoms with Gasteiger partial charge in [-0.1, -0.05) is 41.5 Å². The van der Waals surface area contributed by atoms with Crippen LogP contribution in [-0.4, -0.2) is 0 Å². The normalized spacial score (nSPS) is 25.9. The van der Waals surface area contributed by atoms with Crippen LogP contribution in [0.1, 0.15) is 58.8 Å². The first kappa shape index (κ1) is 11.8. The molecule has 0 spiro atoms. The predicted molar refractivity (Wildman–Crippen MR) is 67.6 cm³/mol. The van der Waals surface area contributed by atoms with Gasteiger partial charge in [0.05, 0.1) is 6.26 Å². The van der Waals surface area contributed by atoms with Gasteiger partial charge < -0.3 is 4.42 Å². The van der Waals surface area contributed by atoms with Crippen LogP contribution in [0.15, 0.2) is 16.7 Å². The molecule has 1 aromatic rings. The summed E-state index contributed by atoms with van der Waals surface area (Å²) in [5.41, 5.74) is 2.11. The first-order chi connectivity index (χ1) is 7.21. The molecule has 2 rings (SSSR count). The number of furan rings is 1. The van der Waals surface area contributed by atoms with E-state index < -0.39 is 0 Å². The van der Waals surface area contributed by atoms with Crippen LogP contribution in [0.3, 0.4) is 0 Å². The first-order valence-corrected chi connectivity index (χ1v) is 6.27. The Balaban J connectivity index is 2.43. The molecule has 2 atom stereocenters. The Hall–Kier alpha value is -0.720. The summed E-state index contributed by atoms with van der Waals surface area (Å²) in [5, 5.41) is 0. The van der Waals surface area contributed by atoms with Gasteiger partial charge in [0.15, 0.2) is 0 Å². The van der Waals surface area contributed by atoms with Gasteiger partial charge in [0, 0.05) is 6.42 Å². The quantitative estimate of drug-likeness (QED) is 0.621. The fourth-order valence-corrected chi connectivity index (χ4v) is 3.20. The smallest absolute Gasteiger partial charge is 0.107 e. The third kappa shape index (κ3) is 1.81. The maximum Gasteiger partial charge on any atom is 0.107 e. The monoisotopic (exact) mass is 220 g/mol. The highest BCUT2D eigenvalue weighted by Gasteiger charge is 2.46. The lowest BCUT2D eigenvalue weighted by Gasteiger charge is -2.39. The Labute approximate surface area is 99.2 Å². The fraction of sp³-hybridized carbons (Fsp3) is 0.733. The highest BCUT2D eigenvalue weighted by molar-refractivity contribution is 5.32. The highest BCUT2D eigenvalue weighted by atomic mass is 16.3. The number of rotatable bonds is 0. The highest BCUT2D eigenvalue weighted by Crippen LogP contribution is 2.54. The summed E-state index contributed by atoms with van der Waals surface area (Å²) in [6.45, 7) is 14.1. The largest absolute Gasteiger partial charge is 0.469 e. The zero-order valence-corrected chi connectivity index (χ0v) is 11.4. The minimum atomic E-state index is 0.313. The predicted octanol–water partition coefficient (Wildman–Crippen LogP) is 4.63. The van der Waals surface area contributed by atoms with Crippen LogP contribution >= 0.6 is 0 Å². The average molecular weight is 220 g/mol. The molecule has 0 bridgehead atoms. The van der Waals surface area contributed by atoms with Crippen molar-refractivity contribution in [1.29, 1.82) is 0 Å². The minimum Gasteiger partial charge on any atom is -0.469 e. The summed E-state index contributed by atoms with van der Waals surface area (Å²) < 4.78 is 5.63. The maximum absolute atomic E-state index is 5.63. The van der Waals surface area contributed by atoms with Gasteiger partial charge in [-0.25, -0.2) is 0 Å². The van der Waals surface area contributed by atoms with Crippen LogP contribution < -0.4 is 0 Å². The van der Waals surface area contributed by atoms with Crippen LogP contribution in [-0.2, 0) is 6.42 Å². The Morgan fingerprint density at radius 3 is 2.19 bits per heavy atom. The lowest BCUT2D eigenvalue weighted by atomic mass is 9.65. The van der Waals surface area contributed by atoms with Crippen molar-refractivity contribution in [2.75, 3.05) is 0 Å². The lowest BCUT2D eigenvalue weighted by molar-refractivity contribution is 0.139. The Morgan fingerprint density at radius 2 is 1.69 bits per heavy atom. The van der Waals surface area contributed by atoms with Crippen molar-refractivity contribution >= 4 is 0 Å². The van der Waals surface area contributed by atoms with Crippen LogP contribution in [0.4, 0.5) is 0 Å². The summed E-state index contributed by atoms with van der Waals surface area (Å²) in [6.07, 6.45) is 2.95. The third-order valence-corrected chi connectivity index (χ3v) is 3.97. The minimum absolute atomic E-state index is 0.313. The molecule has 1 aliphatic rings. The Kier molecular flexibility index (Phi) is 2.49. The Bertz CT molecular complexity index is 373. The summed E-state index contributed by atoms with van der Waals surface area (Å²) >= 11 is 0. The SMILES string of the molecule is CC(C)(C)C1Cc2occc2C1C(C)(C)C. The number of hydrogen-bond acceptors (Lipinski definition) is 1. The van der Waals surface area contributed by atoms with E-state index in [2.05, 4.69) is 47.6 Å². The van der Waals surface area contributed by atoms with E-state index in [-0.39, 0.29) is 0 Å². The van der Waals surface area contributed by atoms with E-state index in [4.69, 9.17) is 4.42 Å². The second-order valence-electron chi connectivity index (χ2n) is 7.32. The molecule has 0 radical (unpaired) electrons. The molecule has 0 fully saturated rings. The molecular formula is C15H24O. The average Bonchev–Trinajstić information content (AvgIpc) is 2.53. The fourth-order valence-electron chi connectivity index (χ4n) is 3.20. The molecule has 1 aromatic heterocycles. The van der Waals surface area contributed by atoms with Crippen LogP contribution in [0.2, 0.25) is 0 Å². The molecule has 0 saturated heterocycles. The van der Waals surface area contributed by atoms with E-state index in [1.165, 1.54) is 11.3 Å². The van der Waals surface area contributed by atoms with Crippen LogP contribution in [0, 0.1) is 16.7 Å².